The average molecular weight is 296 g/mol. The van der Waals surface area contributed by atoms with Crippen LogP contribution in [0.3, 0.4) is 0 Å². The van der Waals surface area contributed by atoms with E-state index in [1.807, 2.05) is 6.92 Å². The number of carboxylic acids is 1. The van der Waals surface area contributed by atoms with Gasteiger partial charge in [0.2, 0.25) is 0 Å². The summed E-state index contributed by atoms with van der Waals surface area (Å²) >= 11 is 0. The standard InChI is InChI=1S/C18H32O3/c1-6-13(2)11-15(4)12-14(3)9-7-8-10-17(19)16(5)18(20)21/h6,11,14,16-17,19H,7-10,12H2,1-5H3,(H,20,21)/b13-6-,15-11+/t14-,16-,17-/m1/s1. The van der Waals surface area contributed by atoms with Crippen LogP contribution in [0, 0.1) is 11.8 Å². The Morgan fingerprint density at radius 1 is 1.14 bits per heavy atom. The molecule has 0 heterocycles. The molecule has 0 bridgehead atoms. The van der Waals surface area contributed by atoms with Crippen LogP contribution in [-0.4, -0.2) is 22.3 Å². The number of aliphatic hydroxyl groups excluding tert-OH is 1. The van der Waals surface area contributed by atoms with Crippen molar-refractivity contribution < 1.29 is 15.0 Å². The molecule has 0 aromatic heterocycles. The van der Waals surface area contributed by atoms with E-state index in [0.29, 0.717) is 12.3 Å². The molecule has 0 saturated carbocycles. The monoisotopic (exact) mass is 296 g/mol. The van der Waals surface area contributed by atoms with E-state index in [1.54, 1.807) is 6.92 Å². The van der Waals surface area contributed by atoms with Crippen molar-refractivity contribution >= 4 is 5.97 Å². The van der Waals surface area contributed by atoms with Gasteiger partial charge in [0, 0.05) is 0 Å². The zero-order valence-electron chi connectivity index (χ0n) is 14.2. The molecule has 0 rings (SSSR count). The van der Waals surface area contributed by atoms with E-state index in [0.717, 1.165) is 25.7 Å². The molecule has 0 aliphatic rings. The summed E-state index contributed by atoms with van der Waals surface area (Å²) in [5, 5.41) is 18.5. The summed E-state index contributed by atoms with van der Waals surface area (Å²) in [4.78, 5) is 10.7. The van der Waals surface area contributed by atoms with E-state index < -0.39 is 18.0 Å². The number of aliphatic hydroxyl groups is 1. The van der Waals surface area contributed by atoms with Gasteiger partial charge in [-0.1, -0.05) is 49.5 Å². The van der Waals surface area contributed by atoms with Crippen LogP contribution in [-0.2, 0) is 4.79 Å². The quantitative estimate of drug-likeness (QED) is 0.459. The van der Waals surface area contributed by atoms with Crippen LogP contribution in [0.1, 0.15) is 66.7 Å². The minimum Gasteiger partial charge on any atom is -0.481 e. The Balaban J connectivity index is 3.93. The molecule has 3 atom stereocenters. The zero-order valence-corrected chi connectivity index (χ0v) is 14.2. The van der Waals surface area contributed by atoms with Gasteiger partial charge >= 0.3 is 5.97 Å². The summed E-state index contributed by atoms with van der Waals surface area (Å²) in [5.74, 6) is -0.965. The Morgan fingerprint density at radius 2 is 1.71 bits per heavy atom. The Labute approximate surface area is 129 Å². The first-order chi connectivity index (χ1) is 9.77. The normalized spacial score (nSPS) is 17.4. The lowest BCUT2D eigenvalue weighted by atomic mass is 9.93. The lowest BCUT2D eigenvalue weighted by Crippen LogP contribution is -2.25. The van der Waals surface area contributed by atoms with E-state index in [9.17, 15) is 9.90 Å². The maximum absolute atomic E-state index is 10.7. The third-order valence-corrected chi connectivity index (χ3v) is 4.01. The molecule has 0 saturated heterocycles. The summed E-state index contributed by atoms with van der Waals surface area (Å²) in [6.45, 7) is 10.1. The number of aliphatic carboxylic acids is 1. The molecular formula is C18H32O3. The molecule has 0 fully saturated rings. The number of carboxylic acid groups (broad SMARTS) is 1. The Kier molecular flexibility index (Phi) is 10.1. The molecule has 0 aliphatic carbocycles. The van der Waals surface area contributed by atoms with Crippen LogP contribution < -0.4 is 0 Å². The smallest absolute Gasteiger partial charge is 0.308 e. The van der Waals surface area contributed by atoms with E-state index in [-0.39, 0.29) is 0 Å². The van der Waals surface area contributed by atoms with Crippen molar-refractivity contribution in [2.45, 2.75) is 72.8 Å². The number of carbonyl (C=O) groups is 1. The number of allylic oxidation sites excluding steroid dienone is 4. The van der Waals surface area contributed by atoms with Crippen molar-refractivity contribution in [2.75, 3.05) is 0 Å². The predicted molar refractivity (Wildman–Crippen MR) is 88.2 cm³/mol. The average Bonchev–Trinajstić information content (AvgIpc) is 2.41. The molecule has 0 amide bonds. The van der Waals surface area contributed by atoms with Crippen molar-refractivity contribution in [3.63, 3.8) is 0 Å². The van der Waals surface area contributed by atoms with E-state index >= 15 is 0 Å². The SMILES string of the molecule is C/C=C(C)\C=C(/C)C[C@H](C)CCCC[C@@H](O)[C@@H](C)C(=O)O. The van der Waals surface area contributed by atoms with Crippen molar-refractivity contribution in [3.05, 3.63) is 23.3 Å². The molecule has 0 radical (unpaired) electrons. The lowest BCUT2D eigenvalue weighted by molar-refractivity contribution is -0.144. The van der Waals surface area contributed by atoms with Gasteiger partial charge in [0.25, 0.3) is 0 Å². The largest absolute Gasteiger partial charge is 0.481 e. The first kappa shape index (κ1) is 19.9. The van der Waals surface area contributed by atoms with Gasteiger partial charge in [-0.25, -0.2) is 0 Å². The van der Waals surface area contributed by atoms with Crippen LogP contribution in [0.4, 0.5) is 0 Å². The highest BCUT2D eigenvalue weighted by atomic mass is 16.4. The number of hydrogen-bond acceptors (Lipinski definition) is 2. The fraction of sp³-hybridized carbons (Fsp3) is 0.722. The van der Waals surface area contributed by atoms with E-state index in [2.05, 4.69) is 32.9 Å². The Hall–Kier alpha value is -1.09. The van der Waals surface area contributed by atoms with Crippen molar-refractivity contribution in [1.82, 2.24) is 0 Å². The topological polar surface area (TPSA) is 57.5 Å². The molecule has 2 N–H and O–H groups in total. The number of hydrogen-bond donors (Lipinski definition) is 2. The van der Waals surface area contributed by atoms with Crippen LogP contribution in [0.5, 0.6) is 0 Å². The van der Waals surface area contributed by atoms with Crippen LogP contribution in [0.15, 0.2) is 23.3 Å². The number of rotatable bonds is 10. The van der Waals surface area contributed by atoms with Gasteiger partial charge in [0.1, 0.15) is 0 Å². The van der Waals surface area contributed by atoms with Gasteiger partial charge in [-0.15, -0.1) is 0 Å². The van der Waals surface area contributed by atoms with Crippen LogP contribution in [0.2, 0.25) is 0 Å². The van der Waals surface area contributed by atoms with Crippen molar-refractivity contribution in [2.24, 2.45) is 11.8 Å². The fourth-order valence-corrected chi connectivity index (χ4v) is 2.44. The van der Waals surface area contributed by atoms with E-state index in [4.69, 9.17) is 5.11 Å². The van der Waals surface area contributed by atoms with Gasteiger partial charge < -0.3 is 10.2 Å². The highest BCUT2D eigenvalue weighted by molar-refractivity contribution is 5.70. The molecule has 0 aromatic carbocycles. The summed E-state index contributed by atoms with van der Waals surface area (Å²) in [7, 11) is 0. The third-order valence-electron chi connectivity index (χ3n) is 4.01. The molecule has 21 heavy (non-hydrogen) atoms. The predicted octanol–water partition coefficient (Wildman–Crippen LogP) is 4.57. The molecule has 0 spiro atoms. The fourth-order valence-electron chi connectivity index (χ4n) is 2.44. The van der Waals surface area contributed by atoms with Crippen LogP contribution in [0.25, 0.3) is 0 Å². The minimum atomic E-state index is -0.920. The van der Waals surface area contributed by atoms with Gasteiger partial charge in [0.15, 0.2) is 0 Å². The maximum Gasteiger partial charge on any atom is 0.308 e. The first-order valence-corrected chi connectivity index (χ1v) is 7.98. The molecule has 122 valence electrons. The number of unbranched alkanes of at least 4 members (excludes halogenated alkanes) is 1. The maximum atomic E-state index is 10.7. The molecule has 0 aromatic rings. The minimum absolute atomic E-state index is 0.576. The highest BCUT2D eigenvalue weighted by Gasteiger charge is 2.20. The molecule has 3 heteroatoms. The molecule has 0 unspecified atom stereocenters. The Bertz CT molecular complexity index is 369. The summed E-state index contributed by atoms with van der Waals surface area (Å²) in [6, 6.07) is 0. The first-order valence-electron chi connectivity index (χ1n) is 7.98. The van der Waals surface area contributed by atoms with Crippen LogP contribution >= 0.6 is 0 Å². The van der Waals surface area contributed by atoms with Crippen molar-refractivity contribution in [1.29, 1.82) is 0 Å². The molecule has 0 aliphatic heterocycles. The second-order valence-corrected chi connectivity index (χ2v) is 6.31. The molecule has 3 nitrogen and oxygen atoms in total. The summed E-state index contributed by atoms with van der Waals surface area (Å²) < 4.78 is 0. The van der Waals surface area contributed by atoms with Crippen molar-refractivity contribution in [3.8, 4) is 0 Å². The third kappa shape index (κ3) is 9.46. The van der Waals surface area contributed by atoms with Gasteiger partial charge in [0.05, 0.1) is 12.0 Å². The van der Waals surface area contributed by atoms with Gasteiger partial charge in [-0.2, -0.15) is 0 Å². The van der Waals surface area contributed by atoms with Gasteiger partial charge in [-0.05, 0) is 46.5 Å². The van der Waals surface area contributed by atoms with Gasteiger partial charge in [-0.3, -0.25) is 4.79 Å². The second kappa shape index (κ2) is 10.6. The second-order valence-electron chi connectivity index (χ2n) is 6.31. The van der Waals surface area contributed by atoms with E-state index in [1.165, 1.54) is 11.1 Å². The lowest BCUT2D eigenvalue weighted by Gasteiger charge is -2.16. The highest BCUT2D eigenvalue weighted by Crippen LogP contribution is 2.20. The molecular weight excluding hydrogens is 264 g/mol. The summed E-state index contributed by atoms with van der Waals surface area (Å²) in [6.07, 6.45) is 8.34. The summed E-state index contributed by atoms with van der Waals surface area (Å²) in [5.41, 5.74) is 2.70. The zero-order chi connectivity index (χ0) is 16.4. The Morgan fingerprint density at radius 3 is 2.24 bits per heavy atom.